The molecule has 0 aliphatic carbocycles. The smallest absolute Gasteiger partial charge is 0.330 e. The predicted octanol–water partition coefficient (Wildman–Crippen LogP) is 2.15. The topological polar surface area (TPSA) is 43.8 Å². The molecule has 92 valence electrons. The molecule has 0 fully saturated rings. The van der Waals surface area contributed by atoms with E-state index in [0.29, 0.717) is 5.69 Å². The van der Waals surface area contributed by atoms with Crippen molar-refractivity contribution in [2.75, 3.05) is 6.54 Å². The minimum absolute atomic E-state index is 0.0485. The summed E-state index contributed by atoms with van der Waals surface area (Å²) in [5, 5.41) is 4.05. The number of aryl methyl sites for hydroxylation is 1. The van der Waals surface area contributed by atoms with Crippen molar-refractivity contribution in [3.63, 3.8) is 0 Å². The maximum absolute atomic E-state index is 12.7. The monoisotopic (exact) mass is 235 g/mol. The highest BCUT2D eigenvalue weighted by atomic mass is 19.4. The third kappa shape index (κ3) is 2.55. The van der Waals surface area contributed by atoms with Crippen LogP contribution in [0.4, 0.5) is 13.2 Å². The fourth-order valence-electron chi connectivity index (χ4n) is 1.68. The van der Waals surface area contributed by atoms with Crippen LogP contribution in [0.3, 0.4) is 0 Å². The molecule has 0 bridgehead atoms. The van der Waals surface area contributed by atoms with E-state index in [0.717, 1.165) is 0 Å². The minimum Gasteiger partial charge on any atom is -0.330 e. The van der Waals surface area contributed by atoms with Crippen molar-refractivity contribution < 1.29 is 13.2 Å². The molecular formula is C10H16F3N3. The first kappa shape index (κ1) is 13.0. The minimum atomic E-state index is -4.32. The van der Waals surface area contributed by atoms with Crippen LogP contribution in [-0.2, 0) is 7.05 Å². The Morgan fingerprint density at radius 2 is 2.00 bits per heavy atom. The highest BCUT2D eigenvalue weighted by molar-refractivity contribution is 5.26. The lowest BCUT2D eigenvalue weighted by atomic mass is 9.95. The van der Waals surface area contributed by atoms with Gasteiger partial charge in [-0.3, -0.25) is 4.68 Å². The molecule has 6 heteroatoms. The lowest BCUT2D eigenvalue weighted by molar-refractivity contribution is -0.148. The van der Waals surface area contributed by atoms with Gasteiger partial charge in [0.1, 0.15) is 0 Å². The van der Waals surface area contributed by atoms with Crippen molar-refractivity contribution >= 4 is 0 Å². The van der Waals surface area contributed by atoms with E-state index in [2.05, 4.69) is 5.10 Å². The molecule has 2 N–H and O–H groups in total. The second-order valence-corrected chi connectivity index (χ2v) is 4.13. The number of aromatic nitrogens is 2. The Labute approximate surface area is 92.4 Å². The standard InChI is InChI=1S/C10H16F3N3/c1-6(2)9-7(5-16(3)15-9)8(4-14)10(11,12)13/h5-6,8H,4,14H2,1-3H3. The van der Waals surface area contributed by atoms with E-state index in [1.165, 1.54) is 10.9 Å². The first-order valence-corrected chi connectivity index (χ1v) is 5.07. The zero-order valence-corrected chi connectivity index (χ0v) is 9.54. The summed E-state index contributed by atoms with van der Waals surface area (Å²) in [6.07, 6.45) is -2.91. The van der Waals surface area contributed by atoms with Crippen LogP contribution in [0.15, 0.2) is 6.20 Å². The number of hydrogen-bond donors (Lipinski definition) is 1. The molecule has 1 aromatic heterocycles. The van der Waals surface area contributed by atoms with Gasteiger partial charge in [-0.15, -0.1) is 0 Å². The number of alkyl halides is 3. The lowest BCUT2D eigenvalue weighted by Crippen LogP contribution is -2.28. The van der Waals surface area contributed by atoms with Crippen molar-refractivity contribution in [2.24, 2.45) is 12.8 Å². The third-order valence-electron chi connectivity index (χ3n) is 2.44. The molecule has 0 aliphatic rings. The Balaban J connectivity index is 3.19. The van der Waals surface area contributed by atoms with Crippen LogP contribution in [0, 0.1) is 0 Å². The first-order valence-electron chi connectivity index (χ1n) is 5.07. The maximum Gasteiger partial charge on any atom is 0.397 e. The predicted molar refractivity (Wildman–Crippen MR) is 55.1 cm³/mol. The zero-order chi connectivity index (χ0) is 12.5. The Morgan fingerprint density at radius 1 is 1.44 bits per heavy atom. The Bertz CT molecular complexity index is 355. The van der Waals surface area contributed by atoms with Gasteiger partial charge in [0.25, 0.3) is 0 Å². The molecule has 1 atom stereocenters. The SMILES string of the molecule is CC(C)c1nn(C)cc1C(CN)C(F)(F)F. The Morgan fingerprint density at radius 3 is 2.38 bits per heavy atom. The summed E-state index contributed by atoms with van der Waals surface area (Å²) in [5.41, 5.74) is 5.87. The van der Waals surface area contributed by atoms with Gasteiger partial charge < -0.3 is 5.73 Å². The summed E-state index contributed by atoms with van der Waals surface area (Å²) in [6.45, 7) is 3.18. The molecular weight excluding hydrogens is 219 g/mol. The van der Waals surface area contributed by atoms with E-state index in [1.54, 1.807) is 7.05 Å². The van der Waals surface area contributed by atoms with E-state index >= 15 is 0 Å². The molecule has 1 unspecified atom stereocenters. The summed E-state index contributed by atoms with van der Waals surface area (Å²) in [4.78, 5) is 0. The van der Waals surface area contributed by atoms with Crippen molar-refractivity contribution in [2.45, 2.75) is 31.9 Å². The fourth-order valence-corrected chi connectivity index (χ4v) is 1.68. The number of nitrogens with zero attached hydrogens (tertiary/aromatic N) is 2. The molecule has 1 aromatic rings. The molecule has 16 heavy (non-hydrogen) atoms. The van der Waals surface area contributed by atoms with Gasteiger partial charge in [-0.2, -0.15) is 18.3 Å². The molecule has 0 spiro atoms. The fraction of sp³-hybridized carbons (Fsp3) is 0.700. The zero-order valence-electron chi connectivity index (χ0n) is 9.54. The molecule has 0 radical (unpaired) electrons. The third-order valence-corrected chi connectivity index (χ3v) is 2.44. The van der Waals surface area contributed by atoms with Gasteiger partial charge in [-0.1, -0.05) is 13.8 Å². The van der Waals surface area contributed by atoms with Gasteiger partial charge in [0.05, 0.1) is 11.6 Å². The molecule has 1 heterocycles. The second-order valence-electron chi connectivity index (χ2n) is 4.13. The molecule has 0 aromatic carbocycles. The van der Waals surface area contributed by atoms with Crippen molar-refractivity contribution in [1.82, 2.24) is 9.78 Å². The molecule has 1 rings (SSSR count). The van der Waals surface area contributed by atoms with E-state index in [9.17, 15) is 13.2 Å². The van der Waals surface area contributed by atoms with E-state index in [1.807, 2.05) is 13.8 Å². The van der Waals surface area contributed by atoms with Crippen LogP contribution in [0.5, 0.6) is 0 Å². The van der Waals surface area contributed by atoms with Crippen LogP contribution in [0.1, 0.15) is 36.9 Å². The van der Waals surface area contributed by atoms with Crippen molar-refractivity contribution in [3.8, 4) is 0 Å². The van der Waals surface area contributed by atoms with Crippen LogP contribution < -0.4 is 5.73 Å². The average molecular weight is 235 g/mol. The highest BCUT2D eigenvalue weighted by Gasteiger charge is 2.42. The highest BCUT2D eigenvalue weighted by Crippen LogP contribution is 2.36. The summed E-state index contributed by atoms with van der Waals surface area (Å²) in [6, 6.07) is 0. The van der Waals surface area contributed by atoms with Crippen molar-refractivity contribution in [1.29, 1.82) is 0 Å². The quantitative estimate of drug-likeness (QED) is 0.872. The van der Waals surface area contributed by atoms with Crippen LogP contribution in [-0.4, -0.2) is 22.5 Å². The van der Waals surface area contributed by atoms with E-state index in [4.69, 9.17) is 5.73 Å². The molecule has 0 saturated heterocycles. The molecule has 0 saturated carbocycles. The number of hydrogen-bond acceptors (Lipinski definition) is 2. The summed E-state index contributed by atoms with van der Waals surface area (Å²) >= 11 is 0. The van der Waals surface area contributed by atoms with Crippen molar-refractivity contribution in [3.05, 3.63) is 17.5 Å². The summed E-state index contributed by atoms with van der Waals surface area (Å²) in [7, 11) is 1.61. The van der Waals surface area contributed by atoms with Gasteiger partial charge in [0, 0.05) is 25.4 Å². The van der Waals surface area contributed by atoms with Gasteiger partial charge in [0.2, 0.25) is 0 Å². The van der Waals surface area contributed by atoms with Gasteiger partial charge in [-0.05, 0) is 5.92 Å². The molecule has 3 nitrogen and oxygen atoms in total. The Kier molecular flexibility index (Phi) is 3.62. The van der Waals surface area contributed by atoms with E-state index < -0.39 is 18.6 Å². The number of halogens is 3. The van der Waals surface area contributed by atoms with Gasteiger partial charge >= 0.3 is 6.18 Å². The van der Waals surface area contributed by atoms with Crippen LogP contribution >= 0.6 is 0 Å². The Hall–Kier alpha value is -1.04. The maximum atomic E-state index is 12.7. The number of rotatable bonds is 3. The summed E-state index contributed by atoms with van der Waals surface area (Å²) < 4.78 is 39.6. The number of nitrogens with two attached hydrogens (primary N) is 1. The molecule has 0 amide bonds. The average Bonchev–Trinajstić information content (AvgIpc) is 2.46. The summed E-state index contributed by atoms with van der Waals surface area (Å²) in [5.74, 6) is -1.67. The lowest BCUT2D eigenvalue weighted by Gasteiger charge is -2.19. The molecule has 0 aliphatic heterocycles. The van der Waals surface area contributed by atoms with E-state index in [-0.39, 0.29) is 11.5 Å². The van der Waals surface area contributed by atoms with Crippen LogP contribution in [0.2, 0.25) is 0 Å². The normalized spacial score (nSPS) is 14.5. The largest absolute Gasteiger partial charge is 0.397 e. The van der Waals surface area contributed by atoms with Gasteiger partial charge in [0.15, 0.2) is 0 Å². The van der Waals surface area contributed by atoms with Gasteiger partial charge in [-0.25, -0.2) is 0 Å². The van der Waals surface area contributed by atoms with Crippen LogP contribution in [0.25, 0.3) is 0 Å². The first-order chi connectivity index (χ1) is 7.27. The second kappa shape index (κ2) is 4.45.